The molecule has 1 fully saturated rings. The van der Waals surface area contributed by atoms with Crippen LogP contribution in [0.15, 0.2) is 22.9 Å². The fraction of sp³-hybridized carbons (Fsp3) is 0.389. The molecule has 3 rings (SSSR count). The number of aromatic nitrogens is 1. The number of ether oxygens (including phenoxy) is 1. The van der Waals surface area contributed by atoms with Gasteiger partial charge in [0.2, 0.25) is 0 Å². The molecule has 1 aliphatic rings. The summed E-state index contributed by atoms with van der Waals surface area (Å²) in [6.45, 7) is 3.93. The molecule has 138 valence electrons. The van der Waals surface area contributed by atoms with Crippen molar-refractivity contribution < 1.29 is 18.8 Å². The van der Waals surface area contributed by atoms with E-state index >= 15 is 0 Å². The molecule has 0 unspecified atom stereocenters. The SMILES string of the molecule is CCOC(=O)N(CC)c1c(C(=O)c2cnoc2C2CC2)ccc(Cl)c1Cl. The minimum absolute atomic E-state index is 0.122. The van der Waals surface area contributed by atoms with Gasteiger partial charge < -0.3 is 9.26 Å². The lowest BCUT2D eigenvalue weighted by molar-refractivity contribution is 0.103. The van der Waals surface area contributed by atoms with E-state index in [-0.39, 0.29) is 46.1 Å². The number of rotatable bonds is 6. The van der Waals surface area contributed by atoms with E-state index in [9.17, 15) is 9.59 Å². The van der Waals surface area contributed by atoms with Crippen molar-refractivity contribution in [2.45, 2.75) is 32.6 Å². The Kier molecular flexibility index (Phi) is 5.53. The third kappa shape index (κ3) is 3.44. The zero-order valence-electron chi connectivity index (χ0n) is 14.4. The standard InChI is InChI=1S/C18H18Cl2N2O4/c1-3-22(18(24)25-4-2)15-11(7-8-13(19)14(15)20)16(23)12-9-21-26-17(12)10-5-6-10/h7-10H,3-6H2,1-2H3. The zero-order chi connectivity index (χ0) is 18.8. The van der Waals surface area contributed by atoms with Crippen LogP contribution in [-0.4, -0.2) is 30.2 Å². The van der Waals surface area contributed by atoms with E-state index in [2.05, 4.69) is 5.16 Å². The molecule has 1 saturated carbocycles. The van der Waals surface area contributed by atoms with Crippen LogP contribution in [0.3, 0.4) is 0 Å². The molecule has 2 aromatic rings. The van der Waals surface area contributed by atoms with Crippen molar-refractivity contribution >= 4 is 40.8 Å². The maximum absolute atomic E-state index is 13.2. The molecular formula is C18H18Cl2N2O4. The van der Waals surface area contributed by atoms with E-state index in [4.69, 9.17) is 32.5 Å². The Bertz CT molecular complexity index is 846. The Morgan fingerprint density at radius 2 is 2.00 bits per heavy atom. The van der Waals surface area contributed by atoms with Gasteiger partial charge in [-0.2, -0.15) is 0 Å². The number of hydrogen-bond donors (Lipinski definition) is 0. The topological polar surface area (TPSA) is 72.6 Å². The summed E-state index contributed by atoms with van der Waals surface area (Å²) in [6.07, 6.45) is 2.74. The molecular weight excluding hydrogens is 379 g/mol. The second-order valence-corrected chi connectivity index (χ2v) is 6.69. The van der Waals surface area contributed by atoms with E-state index in [1.165, 1.54) is 17.2 Å². The summed E-state index contributed by atoms with van der Waals surface area (Å²) in [6, 6.07) is 3.08. The predicted octanol–water partition coefficient (Wildman–Crippen LogP) is 5.07. The van der Waals surface area contributed by atoms with Crippen molar-refractivity contribution in [2.75, 3.05) is 18.1 Å². The van der Waals surface area contributed by atoms with Gasteiger partial charge in [0.05, 0.1) is 34.1 Å². The van der Waals surface area contributed by atoms with Crippen molar-refractivity contribution in [1.82, 2.24) is 5.16 Å². The number of anilines is 1. The maximum atomic E-state index is 13.2. The number of hydrogen-bond acceptors (Lipinski definition) is 5. The van der Waals surface area contributed by atoms with Crippen LogP contribution in [0.1, 0.15) is 54.3 Å². The molecule has 1 amide bonds. The van der Waals surface area contributed by atoms with E-state index in [1.807, 2.05) is 0 Å². The molecule has 0 atom stereocenters. The molecule has 1 heterocycles. The van der Waals surface area contributed by atoms with Crippen molar-refractivity contribution in [2.24, 2.45) is 0 Å². The van der Waals surface area contributed by atoms with Gasteiger partial charge in [-0.25, -0.2) is 4.79 Å². The predicted molar refractivity (Wildman–Crippen MR) is 98.4 cm³/mol. The molecule has 0 spiro atoms. The molecule has 1 aliphatic carbocycles. The Labute approximate surface area is 161 Å². The Hall–Kier alpha value is -2.05. The minimum atomic E-state index is -0.596. The lowest BCUT2D eigenvalue weighted by atomic mass is 10.00. The molecule has 8 heteroatoms. The van der Waals surface area contributed by atoms with Crippen molar-refractivity contribution in [1.29, 1.82) is 0 Å². The zero-order valence-corrected chi connectivity index (χ0v) is 15.9. The van der Waals surface area contributed by atoms with E-state index in [0.29, 0.717) is 11.3 Å². The summed E-state index contributed by atoms with van der Waals surface area (Å²) < 4.78 is 10.3. The van der Waals surface area contributed by atoms with E-state index in [1.54, 1.807) is 19.9 Å². The molecule has 0 saturated heterocycles. The van der Waals surface area contributed by atoms with Gasteiger partial charge in [0.15, 0.2) is 11.5 Å². The molecule has 0 radical (unpaired) electrons. The molecule has 0 N–H and O–H groups in total. The van der Waals surface area contributed by atoms with Crippen LogP contribution in [0.2, 0.25) is 10.0 Å². The van der Waals surface area contributed by atoms with Gasteiger partial charge in [0.25, 0.3) is 0 Å². The van der Waals surface area contributed by atoms with Crippen LogP contribution in [0.5, 0.6) is 0 Å². The summed E-state index contributed by atoms with van der Waals surface area (Å²) in [7, 11) is 0. The number of nitrogens with zero attached hydrogens (tertiary/aromatic N) is 2. The first-order valence-electron chi connectivity index (χ1n) is 8.41. The summed E-state index contributed by atoms with van der Waals surface area (Å²) in [4.78, 5) is 26.8. The molecule has 0 bridgehead atoms. The first-order chi connectivity index (χ1) is 12.5. The van der Waals surface area contributed by atoms with Gasteiger partial charge in [0.1, 0.15) is 0 Å². The highest BCUT2D eigenvalue weighted by molar-refractivity contribution is 6.44. The van der Waals surface area contributed by atoms with Gasteiger partial charge in [-0.15, -0.1) is 0 Å². The number of carbonyl (C=O) groups is 2. The van der Waals surface area contributed by atoms with Crippen LogP contribution < -0.4 is 4.90 Å². The average molecular weight is 397 g/mol. The fourth-order valence-corrected chi connectivity index (χ4v) is 3.19. The summed E-state index contributed by atoms with van der Waals surface area (Å²) in [5.74, 6) is 0.477. The Balaban J connectivity index is 2.09. The maximum Gasteiger partial charge on any atom is 0.414 e. The molecule has 0 aliphatic heterocycles. The highest BCUT2D eigenvalue weighted by atomic mass is 35.5. The van der Waals surface area contributed by atoms with Crippen LogP contribution in [0.25, 0.3) is 0 Å². The fourth-order valence-electron chi connectivity index (χ4n) is 2.77. The number of ketones is 1. The second-order valence-electron chi connectivity index (χ2n) is 5.91. The van der Waals surface area contributed by atoms with E-state index in [0.717, 1.165) is 12.8 Å². The van der Waals surface area contributed by atoms with Crippen LogP contribution >= 0.6 is 23.2 Å². The van der Waals surface area contributed by atoms with Gasteiger partial charge in [-0.3, -0.25) is 9.69 Å². The van der Waals surface area contributed by atoms with Gasteiger partial charge in [0, 0.05) is 18.0 Å². The smallest absolute Gasteiger partial charge is 0.414 e. The molecule has 26 heavy (non-hydrogen) atoms. The minimum Gasteiger partial charge on any atom is -0.449 e. The monoisotopic (exact) mass is 396 g/mol. The van der Waals surface area contributed by atoms with Crippen molar-refractivity contribution in [3.05, 3.63) is 45.3 Å². The molecule has 6 nitrogen and oxygen atoms in total. The lowest BCUT2D eigenvalue weighted by Crippen LogP contribution is -2.33. The van der Waals surface area contributed by atoms with Crippen LogP contribution in [0.4, 0.5) is 10.5 Å². The van der Waals surface area contributed by atoms with Gasteiger partial charge in [-0.05, 0) is 38.8 Å². The third-order valence-electron chi connectivity index (χ3n) is 4.18. The lowest BCUT2D eigenvalue weighted by Gasteiger charge is -2.24. The Morgan fingerprint density at radius 1 is 1.27 bits per heavy atom. The summed E-state index contributed by atoms with van der Waals surface area (Å²) >= 11 is 12.5. The Morgan fingerprint density at radius 3 is 2.62 bits per heavy atom. The molecule has 1 aromatic carbocycles. The summed E-state index contributed by atoms with van der Waals surface area (Å²) in [5.41, 5.74) is 0.861. The van der Waals surface area contributed by atoms with Crippen molar-refractivity contribution in [3.63, 3.8) is 0 Å². The van der Waals surface area contributed by atoms with Crippen molar-refractivity contribution in [3.8, 4) is 0 Å². The number of carbonyl (C=O) groups excluding carboxylic acids is 2. The van der Waals surface area contributed by atoms with Gasteiger partial charge in [-0.1, -0.05) is 28.4 Å². The average Bonchev–Trinajstić information content (AvgIpc) is 3.35. The normalized spacial score (nSPS) is 13.5. The third-order valence-corrected chi connectivity index (χ3v) is 4.97. The highest BCUT2D eigenvalue weighted by Crippen LogP contribution is 2.43. The summed E-state index contributed by atoms with van der Waals surface area (Å²) in [5, 5.41) is 4.14. The van der Waals surface area contributed by atoms with Crippen LogP contribution in [-0.2, 0) is 4.74 Å². The van der Waals surface area contributed by atoms with E-state index < -0.39 is 6.09 Å². The first kappa shape index (κ1) is 18.7. The number of halogens is 2. The largest absolute Gasteiger partial charge is 0.449 e. The second kappa shape index (κ2) is 7.68. The number of benzene rings is 1. The highest BCUT2D eigenvalue weighted by Gasteiger charge is 2.34. The van der Waals surface area contributed by atoms with Gasteiger partial charge >= 0.3 is 6.09 Å². The molecule has 1 aromatic heterocycles. The number of amides is 1. The van der Waals surface area contributed by atoms with Crippen LogP contribution in [0, 0.1) is 0 Å². The first-order valence-corrected chi connectivity index (χ1v) is 9.16. The quantitative estimate of drug-likeness (QED) is 0.636.